The number of nitrogens with zero attached hydrogens (tertiary/aromatic N) is 2. The zero-order valence-electron chi connectivity index (χ0n) is 14.7. The Kier molecular flexibility index (Phi) is 4.58. The van der Waals surface area contributed by atoms with Gasteiger partial charge in [-0.15, -0.1) is 0 Å². The Morgan fingerprint density at radius 1 is 1.25 bits per heavy atom. The number of carboxylic acids is 1. The second-order valence-electron chi connectivity index (χ2n) is 8.01. The summed E-state index contributed by atoms with van der Waals surface area (Å²) in [6, 6.07) is 0.308. The van der Waals surface area contributed by atoms with Crippen LogP contribution in [0.2, 0.25) is 0 Å². The maximum Gasteiger partial charge on any atom is 0.311 e. The van der Waals surface area contributed by atoms with Gasteiger partial charge < -0.3 is 14.9 Å². The van der Waals surface area contributed by atoms with E-state index in [2.05, 4.69) is 0 Å². The van der Waals surface area contributed by atoms with Crippen LogP contribution in [0.5, 0.6) is 0 Å². The number of rotatable bonds is 4. The predicted molar refractivity (Wildman–Crippen MR) is 88.2 cm³/mol. The highest BCUT2D eigenvalue weighted by atomic mass is 16.4. The molecule has 6 heteroatoms. The highest BCUT2D eigenvalue weighted by Gasteiger charge is 2.50. The molecule has 2 atom stereocenters. The van der Waals surface area contributed by atoms with E-state index >= 15 is 0 Å². The number of hydrogen-bond donors (Lipinski definition) is 1. The molecule has 2 saturated heterocycles. The molecule has 134 valence electrons. The molecule has 1 aliphatic carbocycles. The summed E-state index contributed by atoms with van der Waals surface area (Å²) in [4.78, 5) is 40.5. The second kappa shape index (κ2) is 6.37. The molecule has 1 N–H and O–H groups in total. The Labute approximate surface area is 143 Å². The summed E-state index contributed by atoms with van der Waals surface area (Å²) in [5.74, 6) is -1.08. The van der Waals surface area contributed by atoms with Crippen molar-refractivity contribution in [2.45, 2.75) is 58.4 Å². The lowest BCUT2D eigenvalue weighted by Crippen LogP contribution is -2.42. The van der Waals surface area contributed by atoms with E-state index in [0.717, 1.165) is 25.7 Å². The highest BCUT2D eigenvalue weighted by molar-refractivity contribution is 5.90. The van der Waals surface area contributed by atoms with Gasteiger partial charge in [-0.3, -0.25) is 14.4 Å². The first-order chi connectivity index (χ1) is 11.3. The third-order valence-electron chi connectivity index (χ3n) is 6.42. The largest absolute Gasteiger partial charge is 0.481 e. The van der Waals surface area contributed by atoms with Gasteiger partial charge >= 0.3 is 5.97 Å². The highest BCUT2D eigenvalue weighted by Crippen LogP contribution is 2.39. The molecule has 24 heavy (non-hydrogen) atoms. The molecule has 3 rings (SSSR count). The van der Waals surface area contributed by atoms with Gasteiger partial charge in [-0.25, -0.2) is 0 Å². The van der Waals surface area contributed by atoms with E-state index in [1.54, 1.807) is 4.90 Å². The first kappa shape index (κ1) is 17.2. The molecule has 3 aliphatic rings. The number of aliphatic carboxylic acids is 1. The fraction of sp³-hybridized carbons (Fsp3) is 0.833. The van der Waals surface area contributed by atoms with Crippen LogP contribution in [-0.4, -0.2) is 58.4 Å². The molecule has 0 bridgehead atoms. The van der Waals surface area contributed by atoms with Gasteiger partial charge in [0.05, 0.1) is 11.3 Å². The fourth-order valence-corrected chi connectivity index (χ4v) is 4.64. The van der Waals surface area contributed by atoms with Crippen LogP contribution in [0.4, 0.5) is 0 Å². The summed E-state index contributed by atoms with van der Waals surface area (Å²) in [7, 11) is 0. The number of likely N-dealkylation sites (tertiary alicyclic amines) is 2. The maximum atomic E-state index is 12.8. The molecule has 2 aliphatic heterocycles. The van der Waals surface area contributed by atoms with Crippen LogP contribution in [-0.2, 0) is 14.4 Å². The second-order valence-corrected chi connectivity index (χ2v) is 8.01. The lowest BCUT2D eigenvalue weighted by atomic mass is 9.76. The Morgan fingerprint density at radius 2 is 1.92 bits per heavy atom. The van der Waals surface area contributed by atoms with Crippen LogP contribution in [0.1, 0.15) is 52.4 Å². The van der Waals surface area contributed by atoms with Gasteiger partial charge in [0, 0.05) is 32.1 Å². The number of amides is 2. The molecule has 0 aromatic carbocycles. The summed E-state index contributed by atoms with van der Waals surface area (Å²) in [6.45, 7) is 5.08. The first-order valence-electron chi connectivity index (χ1n) is 9.17. The van der Waals surface area contributed by atoms with Gasteiger partial charge in [0.1, 0.15) is 0 Å². The molecule has 3 fully saturated rings. The molecule has 6 nitrogen and oxygen atoms in total. The van der Waals surface area contributed by atoms with Crippen LogP contribution in [0.15, 0.2) is 0 Å². The standard InChI is InChI=1S/C18H28N2O4/c1-12(2)18(17(23)24)7-8-19(11-18)16(22)13-9-15(21)20(10-13)14-5-3-4-6-14/h12-14H,3-11H2,1-2H3,(H,23,24). The van der Waals surface area contributed by atoms with Gasteiger partial charge in [-0.1, -0.05) is 26.7 Å². The minimum atomic E-state index is -0.844. The molecule has 1 saturated carbocycles. The van der Waals surface area contributed by atoms with E-state index in [0.29, 0.717) is 25.6 Å². The summed E-state index contributed by atoms with van der Waals surface area (Å²) in [6.07, 6.45) is 5.20. The third-order valence-corrected chi connectivity index (χ3v) is 6.42. The summed E-state index contributed by atoms with van der Waals surface area (Å²) >= 11 is 0. The molecular formula is C18H28N2O4. The first-order valence-corrected chi connectivity index (χ1v) is 9.17. The van der Waals surface area contributed by atoms with Gasteiger partial charge in [-0.05, 0) is 25.2 Å². The van der Waals surface area contributed by atoms with Crippen molar-refractivity contribution in [3.63, 3.8) is 0 Å². The normalized spacial score (nSPS) is 31.5. The number of carboxylic acid groups (broad SMARTS) is 1. The zero-order valence-corrected chi connectivity index (χ0v) is 14.7. The Hall–Kier alpha value is -1.59. The molecule has 0 spiro atoms. The smallest absolute Gasteiger partial charge is 0.311 e. The number of hydrogen-bond acceptors (Lipinski definition) is 3. The van der Waals surface area contributed by atoms with Crippen molar-refractivity contribution in [1.82, 2.24) is 9.80 Å². The van der Waals surface area contributed by atoms with Crippen LogP contribution in [0, 0.1) is 17.3 Å². The van der Waals surface area contributed by atoms with E-state index in [1.807, 2.05) is 18.7 Å². The summed E-state index contributed by atoms with van der Waals surface area (Å²) < 4.78 is 0. The SMILES string of the molecule is CC(C)C1(C(=O)O)CCN(C(=O)C2CC(=O)N(C3CCCC3)C2)C1. The summed E-state index contributed by atoms with van der Waals surface area (Å²) in [5.41, 5.74) is -0.844. The van der Waals surface area contributed by atoms with E-state index in [1.165, 1.54) is 0 Å². The molecule has 0 aromatic heterocycles. The monoisotopic (exact) mass is 336 g/mol. The Balaban J connectivity index is 1.65. The molecule has 0 radical (unpaired) electrons. The van der Waals surface area contributed by atoms with Crippen molar-refractivity contribution >= 4 is 17.8 Å². The van der Waals surface area contributed by atoms with E-state index in [-0.39, 0.29) is 36.6 Å². The topological polar surface area (TPSA) is 77.9 Å². The van der Waals surface area contributed by atoms with Gasteiger partial charge in [-0.2, -0.15) is 0 Å². The number of carbonyl (C=O) groups excluding carboxylic acids is 2. The molecular weight excluding hydrogens is 308 g/mol. The van der Waals surface area contributed by atoms with Gasteiger partial charge in [0.25, 0.3) is 0 Å². The van der Waals surface area contributed by atoms with Crippen molar-refractivity contribution in [1.29, 1.82) is 0 Å². The van der Waals surface area contributed by atoms with Gasteiger partial charge in [0.15, 0.2) is 0 Å². The molecule has 0 aromatic rings. The van der Waals surface area contributed by atoms with Crippen molar-refractivity contribution in [3.05, 3.63) is 0 Å². The van der Waals surface area contributed by atoms with Crippen LogP contribution in [0.3, 0.4) is 0 Å². The average Bonchev–Trinajstić information content (AvgIpc) is 3.25. The van der Waals surface area contributed by atoms with Crippen molar-refractivity contribution < 1.29 is 19.5 Å². The number of carbonyl (C=O) groups is 3. The average molecular weight is 336 g/mol. The lowest BCUT2D eigenvalue weighted by molar-refractivity contribution is -0.151. The maximum absolute atomic E-state index is 12.8. The van der Waals surface area contributed by atoms with E-state index in [4.69, 9.17) is 0 Å². The van der Waals surface area contributed by atoms with Gasteiger partial charge in [0.2, 0.25) is 11.8 Å². The Morgan fingerprint density at radius 3 is 2.46 bits per heavy atom. The lowest BCUT2D eigenvalue weighted by Gasteiger charge is -2.29. The minimum absolute atomic E-state index is 0.0204. The van der Waals surface area contributed by atoms with Crippen molar-refractivity contribution in [2.75, 3.05) is 19.6 Å². The van der Waals surface area contributed by atoms with Crippen LogP contribution >= 0.6 is 0 Å². The fourth-order valence-electron chi connectivity index (χ4n) is 4.64. The minimum Gasteiger partial charge on any atom is -0.481 e. The quantitative estimate of drug-likeness (QED) is 0.848. The van der Waals surface area contributed by atoms with E-state index < -0.39 is 11.4 Å². The zero-order chi connectivity index (χ0) is 17.5. The predicted octanol–water partition coefficient (Wildman–Crippen LogP) is 1.74. The van der Waals surface area contributed by atoms with E-state index in [9.17, 15) is 19.5 Å². The molecule has 2 amide bonds. The third kappa shape index (κ3) is 2.80. The molecule has 2 heterocycles. The Bertz CT molecular complexity index is 541. The van der Waals surface area contributed by atoms with Crippen molar-refractivity contribution in [3.8, 4) is 0 Å². The van der Waals surface area contributed by atoms with Crippen LogP contribution < -0.4 is 0 Å². The van der Waals surface area contributed by atoms with Crippen molar-refractivity contribution in [2.24, 2.45) is 17.3 Å². The molecule has 2 unspecified atom stereocenters. The summed E-state index contributed by atoms with van der Waals surface area (Å²) in [5, 5.41) is 9.63. The van der Waals surface area contributed by atoms with Crippen LogP contribution in [0.25, 0.3) is 0 Å².